The maximum absolute atomic E-state index is 12.9. The molecule has 0 aromatic heterocycles. The highest BCUT2D eigenvalue weighted by atomic mass is 16.5. The molecule has 4 aliphatic carbocycles. The zero-order chi connectivity index (χ0) is 17.1. The Labute approximate surface area is 143 Å². The third-order valence-electron chi connectivity index (χ3n) is 7.27. The smallest absolute Gasteiger partial charge is 0.302 e. The second kappa shape index (κ2) is 5.53. The van der Waals surface area contributed by atoms with Crippen LogP contribution in [0.4, 0.5) is 0 Å². The molecular formula is C20H26O4. The maximum atomic E-state index is 12.9. The first-order valence-corrected chi connectivity index (χ1v) is 9.35. The Bertz CT molecular complexity index is 634. The van der Waals surface area contributed by atoms with Crippen LogP contribution in [-0.2, 0) is 19.1 Å². The van der Waals surface area contributed by atoms with Crippen molar-refractivity contribution in [2.24, 2.45) is 29.1 Å². The summed E-state index contributed by atoms with van der Waals surface area (Å²) in [7, 11) is 0. The van der Waals surface area contributed by atoms with Crippen molar-refractivity contribution < 1.29 is 19.1 Å². The number of fused-ring (bicyclic) bond motifs is 5. The lowest BCUT2D eigenvalue weighted by atomic mass is 9.52. The van der Waals surface area contributed by atoms with Crippen molar-refractivity contribution >= 4 is 17.5 Å². The third kappa shape index (κ3) is 2.29. The summed E-state index contributed by atoms with van der Waals surface area (Å²) in [6.45, 7) is 3.54. The lowest BCUT2D eigenvalue weighted by molar-refractivity contribution is -0.147. The standard InChI is InChI=1S/C20H26O4/c1-11(21)24-13-3-4-14-12(9-13)10-17(22)19-15(14)7-8-20(2)16(19)5-6-18(20)23/h10,13-16,19H,3-9H2,1-2H3/t13-,14?,15+,16-,19+,20-/m0/s1. The van der Waals surface area contributed by atoms with E-state index in [0.717, 1.165) is 32.1 Å². The molecule has 0 aromatic rings. The van der Waals surface area contributed by atoms with Gasteiger partial charge in [-0.25, -0.2) is 0 Å². The molecule has 24 heavy (non-hydrogen) atoms. The van der Waals surface area contributed by atoms with Crippen LogP contribution in [0.25, 0.3) is 0 Å². The lowest BCUT2D eigenvalue weighted by Gasteiger charge is -2.50. The Morgan fingerprint density at radius 3 is 2.75 bits per heavy atom. The van der Waals surface area contributed by atoms with Gasteiger partial charge >= 0.3 is 5.97 Å². The van der Waals surface area contributed by atoms with Crippen LogP contribution in [0.15, 0.2) is 11.6 Å². The van der Waals surface area contributed by atoms with Gasteiger partial charge in [0.15, 0.2) is 5.78 Å². The van der Waals surface area contributed by atoms with Gasteiger partial charge < -0.3 is 4.74 Å². The molecule has 4 nitrogen and oxygen atoms in total. The first-order chi connectivity index (χ1) is 11.4. The van der Waals surface area contributed by atoms with Crippen LogP contribution in [0.2, 0.25) is 0 Å². The van der Waals surface area contributed by atoms with E-state index in [0.29, 0.717) is 30.5 Å². The Morgan fingerprint density at radius 1 is 1.21 bits per heavy atom. The van der Waals surface area contributed by atoms with E-state index in [1.54, 1.807) is 0 Å². The van der Waals surface area contributed by atoms with Crippen LogP contribution in [0.5, 0.6) is 0 Å². The maximum Gasteiger partial charge on any atom is 0.302 e. The van der Waals surface area contributed by atoms with Gasteiger partial charge in [-0.15, -0.1) is 0 Å². The second-order valence-corrected chi connectivity index (χ2v) is 8.46. The first kappa shape index (κ1) is 16.0. The summed E-state index contributed by atoms with van der Waals surface area (Å²) < 4.78 is 5.38. The van der Waals surface area contributed by atoms with Crippen molar-refractivity contribution in [3.8, 4) is 0 Å². The molecule has 3 saturated carbocycles. The van der Waals surface area contributed by atoms with Crippen molar-refractivity contribution in [1.82, 2.24) is 0 Å². The number of Topliss-reactive ketones (excluding diaryl/α,β-unsaturated/α-hetero) is 1. The van der Waals surface area contributed by atoms with E-state index in [1.807, 2.05) is 6.08 Å². The van der Waals surface area contributed by atoms with Crippen molar-refractivity contribution in [2.75, 3.05) is 0 Å². The minimum atomic E-state index is -0.267. The number of ketones is 2. The average molecular weight is 330 g/mol. The molecule has 0 radical (unpaired) electrons. The summed E-state index contributed by atoms with van der Waals surface area (Å²) in [6.07, 6.45) is 7.81. The summed E-state index contributed by atoms with van der Waals surface area (Å²) in [5.41, 5.74) is 0.920. The molecule has 3 fully saturated rings. The van der Waals surface area contributed by atoms with E-state index in [2.05, 4.69) is 6.92 Å². The third-order valence-corrected chi connectivity index (χ3v) is 7.27. The zero-order valence-electron chi connectivity index (χ0n) is 14.5. The van der Waals surface area contributed by atoms with Gasteiger partial charge in [-0.05, 0) is 55.9 Å². The molecule has 6 atom stereocenters. The van der Waals surface area contributed by atoms with E-state index in [9.17, 15) is 14.4 Å². The Balaban J connectivity index is 1.60. The molecular weight excluding hydrogens is 304 g/mol. The van der Waals surface area contributed by atoms with Crippen LogP contribution in [0.3, 0.4) is 0 Å². The average Bonchev–Trinajstić information content (AvgIpc) is 2.82. The molecule has 4 aliphatic rings. The quantitative estimate of drug-likeness (QED) is 0.693. The Kier molecular flexibility index (Phi) is 3.70. The number of hydrogen-bond donors (Lipinski definition) is 0. The van der Waals surface area contributed by atoms with Crippen LogP contribution < -0.4 is 0 Å². The molecule has 0 heterocycles. The van der Waals surface area contributed by atoms with Gasteiger partial charge in [-0.1, -0.05) is 12.5 Å². The van der Waals surface area contributed by atoms with Gasteiger partial charge in [0.25, 0.3) is 0 Å². The molecule has 0 spiro atoms. The zero-order valence-corrected chi connectivity index (χ0v) is 14.5. The fourth-order valence-corrected chi connectivity index (χ4v) is 6.14. The summed E-state index contributed by atoms with van der Waals surface area (Å²) in [5.74, 6) is 1.46. The number of allylic oxidation sites excluding steroid dienone is 1. The molecule has 4 heteroatoms. The van der Waals surface area contributed by atoms with Gasteiger partial charge in [0, 0.05) is 31.1 Å². The molecule has 0 aliphatic heterocycles. The predicted octanol–water partition coefficient (Wildman–Crippen LogP) is 3.24. The molecule has 0 saturated heterocycles. The summed E-state index contributed by atoms with van der Waals surface area (Å²) >= 11 is 0. The fraction of sp³-hybridized carbons (Fsp3) is 0.750. The highest BCUT2D eigenvalue weighted by Crippen LogP contribution is 2.59. The SMILES string of the molecule is CC(=O)O[C@H]1CCC2C(=CC(=O)[C@@H]3[C@@H]2CC[C@]2(C)C(=O)CC[C@@H]32)C1. The first-order valence-electron chi connectivity index (χ1n) is 9.35. The normalized spacial score (nSPS) is 44.2. The minimum absolute atomic E-state index is 0.0363. The number of carbonyl (C=O) groups is 3. The molecule has 130 valence electrons. The van der Waals surface area contributed by atoms with E-state index < -0.39 is 0 Å². The van der Waals surface area contributed by atoms with Gasteiger partial charge in [0.05, 0.1) is 0 Å². The molecule has 4 rings (SSSR count). The van der Waals surface area contributed by atoms with Gasteiger partial charge in [-0.3, -0.25) is 14.4 Å². The lowest BCUT2D eigenvalue weighted by Crippen LogP contribution is -2.49. The largest absolute Gasteiger partial charge is 0.462 e. The minimum Gasteiger partial charge on any atom is -0.462 e. The number of rotatable bonds is 1. The number of ether oxygens (including phenoxy) is 1. The number of hydrogen-bond acceptors (Lipinski definition) is 4. The van der Waals surface area contributed by atoms with Crippen molar-refractivity contribution in [3.05, 3.63) is 11.6 Å². The molecule has 0 N–H and O–H groups in total. The van der Waals surface area contributed by atoms with E-state index in [1.165, 1.54) is 12.5 Å². The van der Waals surface area contributed by atoms with E-state index >= 15 is 0 Å². The van der Waals surface area contributed by atoms with Gasteiger partial charge in [0.1, 0.15) is 11.9 Å². The van der Waals surface area contributed by atoms with Gasteiger partial charge in [0.2, 0.25) is 0 Å². The topological polar surface area (TPSA) is 60.4 Å². The highest BCUT2D eigenvalue weighted by molar-refractivity contribution is 5.96. The highest BCUT2D eigenvalue weighted by Gasteiger charge is 2.58. The van der Waals surface area contributed by atoms with Gasteiger partial charge in [-0.2, -0.15) is 0 Å². The van der Waals surface area contributed by atoms with Crippen LogP contribution in [0, 0.1) is 29.1 Å². The van der Waals surface area contributed by atoms with Crippen LogP contribution >= 0.6 is 0 Å². The summed E-state index contributed by atoms with van der Waals surface area (Å²) in [6, 6.07) is 0. The van der Waals surface area contributed by atoms with Crippen molar-refractivity contribution in [2.45, 2.75) is 64.9 Å². The van der Waals surface area contributed by atoms with E-state index in [4.69, 9.17) is 4.74 Å². The van der Waals surface area contributed by atoms with Crippen LogP contribution in [-0.4, -0.2) is 23.6 Å². The van der Waals surface area contributed by atoms with Crippen molar-refractivity contribution in [3.63, 3.8) is 0 Å². The monoisotopic (exact) mass is 330 g/mol. The fourth-order valence-electron chi connectivity index (χ4n) is 6.14. The summed E-state index contributed by atoms with van der Waals surface area (Å²) in [5, 5.41) is 0. The summed E-state index contributed by atoms with van der Waals surface area (Å²) in [4.78, 5) is 36.5. The second-order valence-electron chi connectivity index (χ2n) is 8.46. The van der Waals surface area contributed by atoms with Crippen LogP contribution in [0.1, 0.15) is 58.8 Å². The molecule has 0 aromatic carbocycles. The van der Waals surface area contributed by atoms with E-state index in [-0.39, 0.29) is 35.1 Å². The Morgan fingerprint density at radius 2 is 2.00 bits per heavy atom. The molecule has 0 amide bonds. The predicted molar refractivity (Wildman–Crippen MR) is 88.0 cm³/mol. The van der Waals surface area contributed by atoms with Crippen molar-refractivity contribution in [1.29, 1.82) is 0 Å². The Hall–Kier alpha value is -1.45. The number of carbonyl (C=O) groups excluding carboxylic acids is 3. The molecule has 0 bridgehead atoms. The molecule has 1 unspecified atom stereocenters. The number of esters is 1.